The van der Waals surface area contributed by atoms with E-state index in [9.17, 15) is 4.79 Å². The molecule has 2 aromatic carbocycles. The van der Waals surface area contributed by atoms with Crippen molar-refractivity contribution in [2.45, 2.75) is 13.8 Å². The number of benzene rings is 2. The maximum atomic E-state index is 12.3. The van der Waals surface area contributed by atoms with Crippen molar-refractivity contribution in [2.24, 2.45) is 4.99 Å². The van der Waals surface area contributed by atoms with Crippen LogP contribution in [0.3, 0.4) is 0 Å². The topological polar surface area (TPSA) is 50.7 Å². The van der Waals surface area contributed by atoms with E-state index in [1.165, 1.54) is 17.3 Å². The molecule has 1 N–H and O–H groups in total. The lowest BCUT2D eigenvalue weighted by Crippen LogP contribution is -2.19. The summed E-state index contributed by atoms with van der Waals surface area (Å²) in [6, 6.07) is 13.6. The van der Waals surface area contributed by atoms with Gasteiger partial charge in [-0.1, -0.05) is 48.6 Å². The molecule has 0 saturated carbocycles. The largest absolute Gasteiger partial charge is 0.489 e. The third-order valence-corrected chi connectivity index (χ3v) is 4.70. The number of aryl methyl sites for hydroxylation is 2. The number of carbonyl (C=O) groups excluding carboxylic acids is 1. The van der Waals surface area contributed by atoms with Crippen LogP contribution in [0.1, 0.15) is 16.7 Å². The highest BCUT2D eigenvalue weighted by Crippen LogP contribution is 2.31. The summed E-state index contributed by atoms with van der Waals surface area (Å²) in [7, 11) is 0. The number of carbonyl (C=O) groups is 1. The lowest BCUT2D eigenvalue weighted by Gasteiger charge is -2.06. The molecule has 1 saturated heterocycles. The highest BCUT2D eigenvalue weighted by Gasteiger charge is 2.24. The Morgan fingerprint density at radius 3 is 2.81 bits per heavy atom. The number of amides is 1. The number of nitrogens with one attached hydrogen (secondary N) is 1. The molecule has 1 aliphatic heterocycles. The van der Waals surface area contributed by atoms with Gasteiger partial charge in [-0.3, -0.25) is 4.79 Å². The average molecular weight is 364 g/mol. The van der Waals surface area contributed by atoms with Crippen molar-refractivity contribution in [3.05, 3.63) is 76.7 Å². The number of para-hydroxylation sites is 1. The molecule has 0 aromatic heterocycles. The fraction of sp³-hybridized carbons (Fsp3) is 0.143. The summed E-state index contributed by atoms with van der Waals surface area (Å²) in [6.45, 7) is 8.13. The molecule has 3 rings (SSSR count). The fourth-order valence-corrected chi connectivity index (χ4v) is 3.37. The molecule has 0 radical (unpaired) electrons. The third-order valence-electron chi connectivity index (χ3n) is 3.79. The first-order valence-corrected chi connectivity index (χ1v) is 9.08. The van der Waals surface area contributed by atoms with E-state index in [1.807, 2.05) is 56.3 Å². The van der Waals surface area contributed by atoms with E-state index in [1.54, 1.807) is 6.08 Å². The van der Waals surface area contributed by atoms with Gasteiger partial charge in [0, 0.05) is 5.56 Å². The second-order valence-electron chi connectivity index (χ2n) is 5.91. The molecule has 132 valence electrons. The molecule has 1 heterocycles. The quantitative estimate of drug-likeness (QED) is 0.615. The Morgan fingerprint density at radius 2 is 2.04 bits per heavy atom. The number of hydrogen-bond donors (Lipinski definition) is 1. The number of hydrogen-bond acceptors (Lipinski definition) is 4. The monoisotopic (exact) mass is 364 g/mol. The van der Waals surface area contributed by atoms with Gasteiger partial charge >= 0.3 is 0 Å². The van der Waals surface area contributed by atoms with E-state index in [0.717, 1.165) is 16.8 Å². The van der Waals surface area contributed by atoms with Crippen LogP contribution >= 0.6 is 11.8 Å². The van der Waals surface area contributed by atoms with E-state index < -0.39 is 0 Å². The molecular formula is C21H20N2O2S. The van der Waals surface area contributed by atoms with E-state index in [-0.39, 0.29) is 5.91 Å². The molecule has 1 fully saturated rings. The molecule has 26 heavy (non-hydrogen) atoms. The van der Waals surface area contributed by atoms with Crippen LogP contribution in [0.25, 0.3) is 6.08 Å². The van der Waals surface area contributed by atoms with Crippen LogP contribution < -0.4 is 10.1 Å². The second-order valence-corrected chi connectivity index (χ2v) is 6.94. The molecule has 0 bridgehead atoms. The summed E-state index contributed by atoms with van der Waals surface area (Å²) in [5, 5.41) is 3.41. The Hall–Kier alpha value is -2.79. The Kier molecular flexibility index (Phi) is 5.58. The lowest BCUT2D eigenvalue weighted by atomic mass is 10.1. The smallest absolute Gasteiger partial charge is 0.264 e. The van der Waals surface area contributed by atoms with Crippen molar-refractivity contribution in [3.63, 3.8) is 0 Å². The summed E-state index contributed by atoms with van der Waals surface area (Å²) in [5.74, 6) is 0.560. The molecule has 0 atom stereocenters. The van der Waals surface area contributed by atoms with Gasteiger partial charge in [0.05, 0.1) is 10.6 Å². The number of amidine groups is 1. The van der Waals surface area contributed by atoms with Gasteiger partial charge in [0.1, 0.15) is 12.4 Å². The molecule has 1 amide bonds. The van der Waals surface area contributed by atoms with Gasteiger partial charge in [0.25, 0.3) is 5.91 Å². The normalized spacial score (nSPS) is 16.8. The SMILES string of the molecule is C=CCOc1ccccc1/C=C1\SC(=Nc2ccc(C)cc2C)NC1=O. The molecule has 1 aliphatic rings. The first kappa shape index (κ1) is 18.0. The van der Waals surface area contributed by atoms with Gasteiger partial charge in [-0.2, -0.15) is 0 Å². The van der Waals surface area contributed by atoms with Gasteiger partial charge < -0.3 is 10.1 Å². The van der Waals surface area contributed by atoms with Crippen molar-refractivity contribution in [2.75, 3.05) is 6.61 Å². The van der Waals surface area contributed by atoms with Crippen molar-refractivity contribution in [3.8, 4) is 5.75 Å². The maximum absolute atomic E-state index is 12.3. The number of aliphatic imine (C=N–C) groups is 1. The Balaban J connectivity index is 1.85. The van der Waals surface area contributed by atoms with E-state index in [2.05, 4.69) is 23.0 Å². The number of thioether (sulfide) groups is 1. The molecule has 0 unspecified atom stereocenters. The fourth-order valence-electron chi connectivity index (χ4n) is 2.54. The number of rotatable bonds is 5. The van der Waals surface area contributed by atoms with Crippen LogP contribution in [-0.2, 0) is 4.79 Å². The predicted octanol–water partition coefficient (Wildman–Crippen LogP) is 4.76. The second kappa shape index (κ2) is 8.06. The van der Waals surface area contributed by atoms with E-state index >= 15 is 0 Å². The molecule has 0 spiro atoms. The van der Waals surface area contributed by atoms with Crippen LogP contribution in [-0.4, -0.2) is 17.7 Å². The summed E-state index contributed by atoms with van der Waals surface area (Å²) < 4.78 is 5.65. The van der Waals surface area contributed by atoms with Crippen LogP contribution in [0.5, 0.6) is 5.75 Å². The van der Waals surface area contributed by atoms with Gasteiger partial charge in [0.2, 0.25) is 0 Å². The molecular weight excluding hydrogens is 344 g/mol. The summed E-state index contributed by atoms with van der Waals surface area (Å²) in [4.78, 5) is 17.5. The molecule has 5 heteroatoms. The van der Waals surface area contributed by atoms with Crippen molar-refractivity contribution in [1.29, 1.82) is 0 Å². The Morgan fingerprint density at radius 1 is 1.23 bits per heavy atom. The third kappa shape index (κ3) is 4.24. The van der Waals surface area contributed by atoms with Crippen LogP contribution in [0, 0.1) is 13.8 Å². The van der Waals surface area contributed by atoms with Crippen LogP contribution in [0.2, 0.25) is 0 Å². The maximum Gasteiger partial charge on any atom is 0.264 e. The lowest BCUT2D eigenvalue weighted by molar-refractivity contribution is -0.115. The van der Waals surface area contributed by atoms with Crippen molar-refractivity contribution >= 4 is 34.6 Å². The molecule has 0 aliphatic carbocycles. The Labute approximate surface area is 157 Å². The predicted molar refractivity (Wildman–Crippen MR) is 109 cm³/mol. The van der Waals surface area contributed by atoms with Crippen molar-refractivity contribution in [1.82, 2.24) is 5.32 Å². The highest BCUT2D eigenvalue weighted by atomic mass is 32.2. The zero-order valence-corrected chi connectivity index (χ0v) is 15.6. The number of ether oxygens (including phenoxy) is 1. The first-order valence-electron chi connectivity index (χ1n) is 8.26. The van der Waals surface area contributed by atoms with Crippen LogP contribution in [0.15, 0.2) is 65.0 Å². The molecule has 2 aromatic rings. The van der Waals surface area contributed by atoms with Gasteiger partial charge in [0.15, 0.2) is 5.17 Å². The van der Waals surface area contributed by atoms with Crippen molar-refractivity contribution < 1.29 is 9.53 Å². The standard InChI is InChI=1S/C21H20N2O2S/c1-4-11-25-18-8-6-5-7-16(18)13-19-20(24)23-21(26-19)22-17-10-9-14(2)12-15(17)3/h4-10,12-13H,1,11H2,2-3H3,(H,22,23,24)/b19-13-. The van der Waals surface area contributed by atoms with E-state index in [4.69, 9.17) is 4.74 Å². The minimum absolute atomic E-state index is 0.156. The summed E-state index contributed by atoms with van der Waals surface area (Å²) in [6.07, 6.45) is 3.51. The Bertz CT molecular complexity index is 916. The minimum atomic E-state index is -0.156. The minimum Gasteiger partial charge on any atom is -0.489 e. The highest BCUT2D eigenvalue weighted by molar-refractivity contribution is 8.18. The zero-order valence-electron chi connectivity index (χ0n) is 14.8. The van der Waals surface area contributed by atoms with Gasteiger partial charge in [-0.05, 0) is 49.4 Å². The van der Waals surface area contributed by atoms with Crippen LogP contribution in [0.4, 0.5) is 5.69 Å². The summed E-state index contributed by atoms with van der Waals surface area (Å²) in [5.41, 5.74) is 3.97. The zero-order chi connectivity index (χ0) is 18.5. The first-order chi connectivity index (χ1) is 12.6. The van der Waals surface area contributed by atoms with Gasteiger partial charge in [-0.15, -0.1) is 0 Å². The average Bonchev–Trinajstić information content (AvgIpc) is 2.96. The van der Waals surface area contributed by atoms with Gasteiger partial charge in [-0.25, -0.2) is 4.99 Å². The molecule has 4 nitrogen and oxygen atoms in total. The summed E-state index contributed by atoms with van der Waals surface area (Å²) >= 11 is 1.33. The van der Waals surface area contributed by atoms with E-state index in [0.29, 0.717) is 22.4 Å². The number of nitrogens with zero attached hydrogens (tertiary/aromatic N) is 1.